The van der Waals surface area contributed by atoms with E-state index >= 15 is 0 Å². The predicted molar refractivity (Wildman–Crippen MR) is 122 cm³/mol. The number of carbonyl (C=O) groups is 3. The van der Waals surface area contributed by atoms with Gasteiger partial charge in [-0.3, -0.25) is 9.59 Å². The standard InChI is InChI=1S/C22H22Br2N2O6/c1-4-31-14-8-13(17(23)18(24)19(14)32-10(2)22(29)30-3)9-25-26-20(27)15-11-5-6-12(7-11)16(15)21(26)28/h5-6,8-12,15-16H,4,7H2,1-3H3/t10-,11+,12+,15-,16+/m1/s1. The predicted octanol–water partition coefficient (Wildman–Crippen LogP) is 3.69. The number of imide groups is 1. The molecule has 8 nitrogen and oxygen atoms in total. The van der Waals surface area contributed by atoms with Crippen molar-refractivity contribution in [2.24, 2.45) is 28.8 Å². The van der Waals surface area contributed by atoms with E-state index in [0.29, 0.717) is 32.6 Å². The first-order chi connectivity index (χ1) is 15.3. The number of methoxy groups -OCH3 is 1. The maximum atomic E-state index is 12.8. The summed E-state index contributed by atoms with van der Waals surface area (Å²) in [6.07, 6.45) is 5.54. The number of esters is 1. The number of fused-ring (bicyclic) bond motifs is 5. The molecule has 1 saturated carbocycles. The number of hydrazone groups is 1. The Hall–Kier alpha value is -2.20. The number of carbonyl (C=O) groups excluding carboxylic acids is 3. The van der Waals surface area contributed by atoms with Gasteiger partial charge in [0, 0.05) is 10.0 Å². The van der Waals surface area contributed by atoms with Crippen LogP contribution in [0, 0.1) is 23.7 Å². The lowest BCUT2D eigenvalue weighted by Gasteiger charge is -2.19. The molecular weight excluding hydrogens is 548 g/mol. The van der Waals surface area contributed by atoms with E-state index in [1.165, 1.54) is 13.3 Å². The molecule has 0 aromatic heterocycles. The Kier molecular flexibility index (Phi) is 6.44. The minimum Gasteiger partial charge on any atom is -0.490 e. The first-order valence-corrected chi connectivity index (χ1v) is 11.9. The first-order valence-electron chi connectivity index (χ1n) is 10.3. The Morgan fingerprint density at radius 1 is 1.22 bits per heavy atom. The van der Waals surface area contributed by atoms with Gasteiger partial charge in [0.25, 0.3) is 11.8 Å². The van der Waals surface area contributed by atoms with Crippen molar-refractivity contribution in [3.8, 4) is 11.5 Å². The van der Waals surface area contributed by atoms with Gasteiger partial charge < -0.3 is 14.2 Å². The van der Waals surface area contributed by atoms with Gasteiger partial charge >= 0.3 is 5.97 Å². The van der Waals surface area contributed by atoms with Crippen LogP contribution in [0.25, 0.3) is 0 Å². The third-order valence-electron chi connectivity index (χ3n) is 6.04. The Labute approximate surface area is 202 Å². The van der Waals surface area contributed by atoms with Crippen molar-refractivity contribution in [1.82, 2.24) is 5.01 Å². The minimum absolute atomic E-state index is 0.125. The van der Waals surface area contributed by atoms with Gasteiger partial charge in [0.2, 0.25) is 0 Å². The first kappa shape index (κ1) is 23.0. The van der Waals surface area contributed by atoms with E-state index in [0.717, 1.165) is 11.4 Å². The monoisotopic (exact) mass is 568 g/mol. The molecule has 0 spiro atoms. The molecule has 2 aliphatic carbocycles. The van der Waals surface area contributed by atoms with Crippen LogP contribution in [0.15, 0.2) is 32.3 Å². The SMILES string of the molecule is CCOc1cc(C=NN2C(=O)[C@@H]3[C@H](C2=O)[C@H]2C=C[C@H]3C2)c(Br)c(Br)c1O[C@H](C)C(=O)OC. The second-order valence-electron chi connectivity index (χ2n) is 7.87. The number of nitrogens with zero attached hydrogens (tertiary/aromatic N) is 2. The zero-order valence-electron chi connectivity index (χ0n) is 17.7. The molecule has 1 aromatic carbocycles. The highest BCUT2D eigenvalue weighted by Gasteiger charge is 2.59. The number of amides is 2. The molecule has 4 rings (SSSR count). The molecule has 2 fully saturated rings. The fraction of sp³-hybridized carbons (Fsp3) is 0.455. The Balaban J connectivity index is 1.61. The molecule has 2 amide bonds. The second-order valence-corrected chi connectivity index (χ2v) is 9.46. The number of hydrogen-bond donors (Lipinski definition) is 0. The smallest absolute Gasteiger partial charge is 0.346 e. The largest absolute Gasteiger partial charge is 0.490 e. The van der Waals surface area contributed by atoms with E-state index in [1.54, 1.807) is 13.0 Å². The topological polar surface area (TPSA) is 94.5 Å². The highest BCUT2D eigenvalue weighted by Crippen LogP contribution is 2.52. The van der Waals surface area contributed by atoms with Crippen LogP contribution in [0.3, 0.4) is 0 Å². The maximum Gasteiger partial charge on any atom is 0.346 e. The van der Waals surface area contributed by atoms with Crippen molar-refractivity contribution in [2.75, 3.05) is 13.7 Å². The van der Waals surface area contributed by atoms with E-state index in [2.05, 4.69) is 37.0 Å². The quantitative estimate of drug-likeness (QED) is 0.215. The fourth-order valence-electron chi connectivity index (χ4n) is 4.58. The van der Waals surface area contributed by atoms with E-state index in [9.17, 15) is 14.4 Å². The normalized spacial score (nSPS) is 26.7. The summed E-state index contributed by atoms with van der Waals surface area (Å²) in [5.41, 5.74) is 0.567. The highest BCUT2D eigenvalue weighted by atomic mass is 79.9. The number of hydrogen-bond acceptors (Lipinski definition) is 7. The van der Waals surface area contributed by atoms with E-state index < -0.39 is 12.1 Å². The van der Waals surface area contributed by atoms with Gasteiger partial charge in [0.05, 0.1) is 36.2 Å². The van der Waals surface area contributed by atoms with E-state index in [-0.39, 0.29) is 35.5 Å². The molecule has 1 aliphatic heterocycles. The second kappa shape index (κ2) is 8.97. The molecule has 1 saturated heterocycles. The zero-order chi connectivity index (χ0) is 23.2. The van der Waals surface area contributed by atoms with Crippen molar-refractivity contribution < 1.29 is 28.6 Å². The van der Waals surface area contributed by atoms with Gasteiger partial charge in [-0.2, -0.15) is 10.1 Å². The molecule has 1 heterocycles. The molecule has 1 aromatic rings. The van der Waals surface area contributed by atoms with Gasteiger partial charge in [0.1, 0.15) is 0 Å². The summed E-state index contributed by atoms with van der Waals surface area (Å²) in [6, 6.07) is 1.66. The van der Waals surface area contributed by atoms with E-state index in [4.69, 9.17) is 14.2 Å². The van der Waals surface area contributed by atoms with E-state index in [1.807, 2.05) is 19.1 Å². The summed E-state index contributed by atoms with van der Waals surface area (Å²) < 4.78 is 17.2. The van der Waals surface area contributed by atoms with Crippen LogP contribution in [-0.4, -0.2) is 48.8 Å². The fourth-order valence-corrected chi connectivity index (χ4v) is 5.50. The molecule has 10 heteroatoms. The molecule has 32 heavy (non-hydrogen) atoms. The lowest BCUT2D eigenvalue weighted by molar-refractivity contribution is -0.148. The molecule has 2 bridgehead atoms. The Morgan fingerprint density at radius 3 is 2.41 bits per heavy atom. The van der Waals surface area contributed by atoms with Crippen LogP contribution in [-0.2, 0) is 19.1 Å². The molecular formula is C22H22Br2N2O6. The molecule has 0 radical (unpaired) electrons. The summed E-state index contributed by atoms with van der Waals surface area (Å²) in [5, 5.41) is 5.22. The summed E-state index contributed by atoms with van der Waals surface area (Å²) in [6.45, 7) is 3.75. The van der Waals surface area contributed by atoms with Crippen molar-refractivity contribution in [1.29, 1.82) is 0 Å². The average Bonchev–Trinajstić information content (AvgIpc) is 3.46. The summed E-state index contributed by atoms with van der Waals surface area (Å²) in [5.74, 6) is -0.696. The van der Waals surface area contributed by atoms with Gasteiger partial charge in [0.15, 0.2) is 17.6 Å². The van der Waals surface area contributed by atoms with Crippen LogP contribution in [0.1, 0.15) is 25.8 Å². The van der Waals surface area contributed by atoms with Crippen LogP contribution < -0.4 is 9.47 Å². The molecule has 3 aliphatic rings. The third-order valence-corrected chi connectivity index (χ3v) is 8.19. The van der Waals surface area contributed by atoms with Crippen LogP contribution in [0.4, 0.5) is 0 Å². The third kappa shape index (κ3) is 3.77. The number of rotatable bonds is 7. The summed E-state index contributed by atoms with van der Waals surface area (Å²) >= 11 is 6.96. The number of halogens is 2. The average molecular weight is 570 g/mol. The zero-order valence-corrected chi connectivity index (χ0v) is 20.9. The lowest BCUT2D eigenvalue weighted by Crippen LogP contribution is -2.28. The Bertz CT molecular complexity index is 1010. The number of ether oxygens (including phenoxy) is 3. The maximum absolute atomic E-state index is 12.8. The molecule has 0 N–H and O–H groups in total. The summed E-state index contributed by atoms with van der Waals surface area (Å²) in [7, 11) is 1.28. The molecule has 5 atom stereocenters. The Morgan fingerprint density at radius 2 is 1.84 bits per heavy atom. The van der Waals surface area contributed by atoms with Crippen molar-refractivity contribution in [3.63, 3.8) is 0 Å². The van der Waals surface area contributed by atoms with Gasteiger partial charge in [-0.15, -0.1) is 0 Å². The van der Waals surface area contributed by atoms with Gasteiger partial charge in [-0.1, -0.05) is 12.2 Å². The van der Waals surface area contributed by atoms with Crippen molar-refractivity contribution in [2.45, 2.75) is 26.4 Å². The molecule has 170 valence electrons. The summed E-state index contributed by atoms with van der Waals surface area (Å²) in [4.78, 5) is 37.5. The van der Waals surface area contributed by atoms with Crippen LogP contribution >= 0.6 is 31.9 Å². The van der Waals surface area contributed by atoms with Crippen molar-refractivity contribution in [3.05, 3.63) is 32.7 Å². The highest BCUT2D eigenvalue weighted by molar-refractivity contribution is 9.13. The minimum atomic E-state index is -0.856. The van der Waals surface area contributed by atoms with Gasteiger partial charge in [-0.05, 0) is 70.0 Å². The van der Waals surface area contributed by atoms with Gasteiger partial charge in [-0.25, -0.2) is 4.79 Å². The van der Waals surface area contributed by atoms with Crippen LogP contribution in [0.5, 0.6) is 11.5 Å². The van der Waals surface area contributed by atoms with Crippen molar-refractivity contribution >= 4 is 55.9 Å². The molecule has 0 unspecified atom stereocenters. The lowest BCUT2D eigenvalue weighted by atomic mass is 9.85. The van der Waals surface area contributed by atoms with Crippen LogP contribution in [0.2, 0.25) is 0 Å². The number of benzene rings is 1. The number of allylic oxidation sites excluding steroid dienone is 2.